The first-order valence-corrected chi connectivity index (χ1v) is 5.68. The summed E-state index contributed by atoms with van der Waals surface area (Å²) in [6.45, 7) is 0. The first kappa shape index (κ1) is 10.9. The molecule has 0 amide bonds. The largest absolute Gasteiger partial charge is 0.508 e. The van der Waals surface area contributed by atoms with Crippen molar-refractivity contribution in [3.63, 3.8) is 0 Å². The molecule has 18 heavy (non-hydrogen) atoms. The summed E-state index contributed by atoms with van der Waals surface area (Å²) in [5.74, 6) is 0.788. The maximum atomic E-state index is 9.24. The maximum absolute atomic E-state index is 9.24. The monoisotopic (exact) mass is 257 g/mol. The number of halogens is 1. The van der Waals surface area contributed by atoms with Crippen LogP contribution in [0.15, 0.2) is 42.7 Å². The molecule has 88 valence electrons. The van der Waals surface area contributed by atoms with Crippen molar-refractivity contribution in [2.75, 3.05) is 0 Å². The highest BCUT2D eigenvalue weighted by Crippen LogP contribution is 2.21. The van der Waals surface area contributed by atoms with Gasteiger partial charge in [-0.15, -0.1) is 0 Å². The van der Waals surface area contributed by atoms with Crippen molar-refractivity contribution in [2.24, 2.45) is 0 Å². The number of aromatic hydroxyl groups is 1. The minimum Gasteiger partial charge on any atom is -0.508 e. The summed E-state index contributed by atoms with van der Waals surface area (Å²) in [6, 6.07) is 8.46. The number of benzene rings is 1. The molecular weight excluding hydrogens is 250 g/mol. The lowest BCUT2D eigenvalue weighted by molar-refractivity contribution is 0.475. The van der Waals surface area contributed by atoms with E-state index in [-0.39, 0.29) is 5.75 Å². The van der Waals surface area contributed by atoms with Crippen LogP contribution in [0, 0.1) is 0 Å². The predicted molar refractivity (Wildman–Crippen MR) is 69.4 cm³/mol. The Morgan fingerprint density at radius 1 is 0.944 bits per heavy atom. The molecule has 0 spiro atoms. The van der Waals surface area contributed by atoms with Crippen LogP contribution in [0.1, 0.15) is 0 Å². The summed E-state index contributed by atoms with van der Waals surface area (Å²) in [5.41, 5.74) is 2.22. The molecule has 1 N–H and O–H groups in total. The molecule has 0 atom stereocenters. The number of hydrogen-bond donors (Lipinski definition) is 1. The molecule has 4 nitrogen and oxygen atoms in total. The lowest BCUT2D eigenvalue weighted by Crippen LogP contribution is -1.91. The second kappa shape index (κ2) is 4.23. The molecule has 0 saturated carbocycles. The molecule has 2 aromatic heterocycles. The van der Waals surface area contributed by atoms with Crippen LogP contribution < -0.4 is 0 Å². The van der Waals surface area contributed by atoms with Crippen LogP contribution in [0.4, 0.5) is 0 Å². The van der Waals surface area contributed by atoms with Crippen molar-refractivity contribution in [1.82, 2.24) is 15.0 Å². The molecule has 0 bridgehead atoms. The molecule has 0 fully saturated rings. The summed E-state index contributed by atoms with van der Waals surface area (Å²) in [6.07, 6.45) is 3.22. The van der Waals surface area contributed by atoms with Gasteiger partial charge in [0, 0.05) is 11.8 Å². The predicted octanol–water partition coefficient (Wildman–Crippen LogP) is 3.05. The van der Waals surface area contributed by atoms with E-state index < -0.39 is 0 Å². The molecule has 0 unspecified atom stereocenters. The lowest BCUT2D eigenvalue weighted by Gasteiger charge is -2.02. The molecular formula is C13H8ClN3O. The van der Waals surface area contributed by atoms with Gasteiger partial charge in [-0.05, 0) is 30.3 Å². The second-order valence-electron chi connectivity index (χ2n) is 3.80. The van der Waals surface area contributed by atoms with Crippen LogP contribution in [0.5, 0.6) is 5.75 Å². The molecule has 0 saturated heterocycles. The van der Waals surface area contributed by atoms with Gasteiger partial charge in [0.1, 0.15) is 11.3 Å². The lowest BCUT2D eigenvalue weighted by atomic mass is 10.2. The van der Waals surface area contributed by atoms with Crippen molar-refractivity contribution in [1.29, 1.82) is 0 Å². The van der Waals surface area contributed by atoms with Crippen LogP contribution >= 0.6 is 11.6 Å². The average Bonchev–Trinajstić information content (AvgIpc) is 2.38. The number of phenolic OH excluding ortho intramolecular Hbond substituents is 1. The van der Waals surface area contributed by atoms with Crippen molar-refractivity contribution in [3.8, 4) is 17.1 Å². The number of aromatic nitrogens is 3. The Hall–Kier alpha value is -2.20. The van der Waals surface area contributed by atoms with Crippen molar-refractivity contribution in [3.05, 3.63) is 47.7 Å². The van der Waals surface area contributed by atoms with Crippen molar-refractivity contribution >= 4 is 22.6 Å². The van der Waals surface area contributed by atoms with Crippen LogP contribution in [-0.2, 0) is 0 Å². The molecule has 1 aromatic carbocycles. The third-order valence-electron chi connectivity index (χ3n) is 2.52. The highest BCUT2D eigenvalue weighted by molar-refractivity contribution is 6.31. The molecule has 5 heteroatoms. The Bertz CT molecular complexity index is 713. The summed E-state index contributed by atoms with van der Waals surface area (Å²) in [7, 11) is 0. The number of phenols is 1. The van der Waals surface area contributed by atoms with Gasteiger partial charge in [0.05, 0.1) is 16.7 Å². The Kier molecular flexibility index (Phi) is 2.57. The molecule has 0 aliphatic rings. The van der Waals surface area contributed by atoms with Gasteiger partial charge >= 0.3 is 0 Å². The third-order valence-corrected chi connectivity index (χ3v) is 2.73. The zero-order valence-electron chi connectivity index (χ0n) is 9.21. The van der Waals surface area contributed by atoms with Crippen LogP contribution in [0.3, 0.4) is 0 Å². The van der Waals surface area contributed by atoms with Gasteiger partial charge in [-0.2, -0.15) is 0 Å². The number of hydrogen-bond acceptors (Lipinski definition) is 4. The van der Waals surface area contributed by atoms with E-state index >= 15 is 0 Å². The smallest absolute Gasteiger partial charge is 0.159 e. The van der Waals surface area contributed by atoms with Gasteiger partial charge in [-0.25, -0.2) is 9.97 Å². The van der Waals surface area contributed by atoms with E-state index in [1.165, 1.54) is 0 Å². The highest BCUT2D eigenvalue weighted by atomic mass is 35.5. The van der Waals surface area contributed by atoms with E-state index in [1.54, 1.807) is 42.7 Å². The zero-order chi connectivity index (χ0) is 12.5. The fraction of sp³-hybridized carbons (Fsp3) is 0. The first-order chi connectivity index (χ1) is 8.72. The van der Waals surface area contributed by atoms with Gasteiger partial charge in [0.25, 0.3) is 0 Å². The minimum atomic E-state index is 0.212. The average molecular weight is 258 g/mol. The van der Waals surface area contributed by atoms with Gasteiger partial charge in [0.2, 0.25) is 0 Å². The van der Waals surface area contributed by atoms with E-state index in [0.717, 1.165) is 5.56 Å². The van der Waals surface area contributed by atoms with Crippen LogP contribution in [0.25, 0.3) is 22.4 Å². The Morgan fingerprint density at radius 3 is 2.50 bits per heavy atom. The maximum Gasteiger partial charge on any atom is 0.159 e. The van der Waals surface area contributed by atoms with Gasteiger partial charge < -0.3 is 5.11 Å². The summed E-state index contributed by atoms with van der Waals surface area (Å²) >= 11 is 5.88. The second-order valence-corrected chi connectivity index (χ2v) is 4.23. The molecule has 3 aromatic rings. The number of rotatable bonds is 1. The van der Waals surface area contributed by atoms with Crippen molar-refractivity contribution in [2.45, 2.75) is 0 Å². The Labute approximate surface area is 108 Å². The molecule has 3 rings (SSSR count). The third kappa shape index (κ3) is 1.98. The number of fused-ring (bicyclic) bond motifs is 1. The van der Waals surface area contributed by atoms with E-state index in [1.807, 2.05) is 0 Å². The van der Waals surface area contributed by atoms with Gasteiger partial charge in [-0.3, -0.25) is 4.98 Å². The van der Waals surface area contributed by atoms with E-state index in [9.17, 15) is 5.11 Å². The van der Waals surface area contributed by atoms with Crippen LogP contribution in [0.2, 0.25) is 5.02 Å². The van der Waals surface area contributed by atoms with Crippen LogP contribution in [-0.4, -0.2) is 20.1 Å². The fourth-order valence-electron chi connectivity index (χ4n) is 1.64. The van der Waals surface area contributed by atoms with E-state index in [0.29, 0.717) is 21.9 Å². The Morgan fingerprint density at radius 2 is 1.72 bits per heavy atom. The molecule has 2 heterocycles. The summed E-state index contributed by atoms with van der Waals surface area (Å²) in [5, 5.41) is 9.78. The number of nitrogens with zero attached hydrogens (tertiary/aromatic N) is 3. The zero-order valence-corrected chi connectivity index (χ0v) is 9.96. The first-order valence-electron chi connectivity index (χ1n) is 5.30. The standard InChI is InChI=1S/C13H8ClN3O/c14-9-5-11-12(15-6-9)7-16-13(17-11)8-1-3-10(18)4-2-8/h1-7,18H. The SMILES string of the molecule is Oc1ccc(-c2ncc3ncc(Cl)cc3n2)cc1. The van der Waals surface area contributed by atoms with E-state index in [2.05, 4.69) is 15.0 Å². The minimum absolute atomic E-state index is 0.212. The topological polar surface area (TPSA) is 58.9 Å². The molecule has 0 aliphatic heterocycles. The normalized spacial score (nSPS) is 10.7. The quantitative estimate of drug-likeness (QED) is 0.728. The number of pyridine rings is 1. The van der Waals surface area contributed by atoms with Gasteiger partial charge in [-0.1, -0.05) is 11.6 Å². The van der Waals surface area contributed by atoms with E-state index in [4.69, 9.17) is 11.6 Å². The van der Waals surface area contributed by atoms with Crippen molar-refractivity contribution < 1.29 is 5.11 Å². The summed E-state index contributed by atoms with van der Waals surface area (Å²) < 4.78 is 0. The van der Waals surface area contributed by atoms with Gasteiger partial charge in [0.15, 0.2) is 5.82 Å². The molecule has 0 radical (unpaired) electrons. The summed E-state index contributed by atoms with van der Waals surface area (Å²) in [4.78, 5) is 12.8. The fourth-order valence-corrected chi connectivity index (χ4v) is 1.80. The highest BCUT2D eigenvalue weighted by Gasteiger charge is 2.04. The molecule has 0 aliphatic carbocycles. The Balaban J connectivity index is 2.15.